The zero-order chi connectivity index (χ0) is 13.3. The van der Waals surface area contributed by atoms with E-state index in [1.165, 1.54) is 17.4 Å². The van der Waals surface area contributed by atoms with E-state index in [0.29, 0.717) is 0 Å². The fourth-order valence-electron chi connectivity index (χ4n) is 3.12. The van der Waals surface area contributed by atoms with Gasteiger partial charge in [0.1, 0.15) is 0 Å². The molecular formula is C16H20N2O. The van der Waals surface area contributed by atoms with Gasteiger partial charge in [-0.2, -0.15) is 0 Å². The van der Waals surface area contributed by atoms with Gasteiger partial charge in [-0.15, -0.1) is 0 Å². The van der Waals surface area contributed by atoms with Crippen molar-refractivity contribution >= 4 is 10.9 Å². The summed E-state index contributed by atoms with van der Waals surface area (Å²) in [5.41, 5.74) is 2.20. The zero-order valence-corrected chi connectivity index (χ0v) is 11.5. The van der Waals surface area contributed by atoms with Crippen LogP contribution < -0.4 is 5.32 Å². The Morgan fingerprint density at radius 1 is 1.32 bits per heavy atom. The fourth-order valence-corrected chi connectivity index (χ4v) is 3.12. The van der Waals surface area contributed by atoms with Crippen LogP contribution in [0.3, 0.4) is 0 Å². The van der Waals surface area contributed by atoms with Gasteiger partial charge in [-0.3, -0.25) is 4.98 Å². The minimum Gasteiger partial charge on any atom is -0.376 e. The van der Waals surface area contributed by atoms with Crippen molar-refractivity contribution in [3.63, 3.8) is 0 Å². The highest BCUT2D eigenvalue weighted by Gasteiger charge is 2.44. The van der Waals surface area contributed by atoms with Crippen LogP contribution >= 0.6 is 0 Å². The van der Waals surface area contributed by atoms with E-state index in [1.54, 1.807) is 0 Å². The number of pyridine rings is 1. The molecule has 1 aromatic heterocycles. The third-order valence-corrected chi connectivity index (χ3v) is 4.37. The van der Waals surface area contributed by atoms with Crippen LogP contribution in [0, 0.1) is 0 Å². The molecule has 0 aliphatic heterocycles. The van der Waals surface area contributed by atoms with Gasteiger partial charge < -0.3 is 10.1 Å². The Balaban J connectivity index is 2.01. The molecule has 3 heteroatoms. The molecule has 2 aromatic rings. The molecule has 0 amide bonds. The number of ether oxygens (including phenoxy) is 1. The van der Waals surface area contributed by atoms with E-state index in [1.807, 2.05) is 32.5 Å². The lowest BCUT2D eigenvalue weighted by Crippen LogP contribution is -2.49. The molecule has 1 saturated carbocycles. The lowest BCUT2D eigenvalue weighted by molar-refractivity contribution is -0.0983. The SMILES string of the molecule is CNC(c1cnc2ccccc2c1)C1(OC)CCC1. The van der Waals surface area contributed by atoms with Crippen LogP contribution in [0.2, 0.25) is 0 Å². The van der Waals surface area contributed by atoms with E-state index in [9.17, 15) is 0 Å². The molecule has 1 N–H and O–H groups in total. The van der Waals surface area contributed by atoms with Crippen molar-refractivity contribution in [1.29, 1.82) is 0 Å². The summed E-state index contributed by atoms with van der Waals surface area (Å²) >= 11 is 0. The zero-order valence-electron chi connectivity index (χ0n) is 11.5. The molecule has 0 saturated heterocycles. The molecule has 0 radical (unpaired) electrons. The van der Waals surface area contributed by atoms with Crippen molar-refractivity contribution in [1.82, 2.24) is 10.3 Å². The number of hydrogen-bond acceptors (Lipinski definition) is 3. The third-order valence-electron chi connectivity index (χ3n) is 4.37. The number of aromatic nitrogens is 1. The summed E-state index contributed by atoms with van der Waals surface area (Å²) in [6, 6.07) is 10.7. The van der Waals surface area contributed by atoms with Crippen LogP contribution in [0.25, 0.3) is 10.9 Å². The first kappa shape index (κ1) is 12.6. The average Bonchev–Trinajstić information content (AvgIpc) is 2.42. The van der Waals surface area contributed by atoms with Crippen LogP contribution in [0.1, 0.15) is 30.9 Å². The molecule has 1 atom stereocenters. The van der Waals surface area contributed by atoms with Gasteiger partial charge in [-0.05, 0) is 44.0 Å². The first-order valence-electron chi connectivity index (χ1n) is 6.86. The lowest BCUT2D eigenvalue weighted by Gasteiger charge is -2.46. The van der Waals surface area contributed by atoms with Gasteiger partial charge in [-0.25, -0.2) is 0 Å². The molecule has 1 heterocycles. The van der Waals surface area contributed by atoms with Crippen molar-refractivity contribution in [2.75, 3.05) is 14.2 Å². The van der Waals surface area contributed by atoms with Crippen molar-refractivity contribution in [3.05, 3.63) is 42.1 Å². The second kappa shape index (κ2) is 4.91. The van der Waals surface area contributed by atoms with E-state index in [-0.39, 0.29) is 11.6 Å². The molecule has 1 aliphatic carbocycles. The minimum absolute atomic E-state index is 0.0567. The number of benzene rings is 1. The molecular weight excluding hydrogens is 236 g/mol. The van der Waals surface area contributed by atoms with Crippen LogP contribution in [-0.2, 0) is 4.74 Å². The van der Waals surface area contributed by atoms with Gasteiger partial charge in [0.15, 0.2) is 0 Å². The summed E-state index contributed by atoms with van der Waals surface area (Å²) < 4.78 is 5.80. The number of nitrogens with zero attached hydrogens (tertiary/aromatic N) is 1. The Kier molecular flexibility index (Phi) is 3.25. The van der Waals surface area contributed by atoms with Crippen molar-refractivity contribution in [3.8, 4) is 0 Å². The Morgan fingerprint density at radius 2 is 2.11 bits per heavy atom. The predicted molar refractivity (Wildman–Crippen MR) is 77.1 cm³/mol. The quantitative estimate of drug-likeness (QED) is 0.913. The average molecular weight is 256 g/mol. The number of rotatable bonds is 4. The van der Waals surface area contributed by atoms with E-state index in [4.69, 9.17) is 4.74 Å². The van der Waals surface area contributed by atoms with Gasteiger partial charge in [0.25, 0.3) is 0 Å². The molecule has 0 bridgehead atoms. The molecule has 1 aliphatic rings. The van der Waals surface area contributed by atoms with Gasteiger partial charge in [0.2, 0.25) is 0 Å². The van der Waals surface area contributed by atoms with Crippen LogP contribution in [-0.4, -0.2) is 24.7 Å². The van der Waals surface area contributed by atoms with Crippen molar-refractivity contribution in [2.45, 2.75) is 30.9 Å². The fraction of sp³-hybridized carbons (Fsp3) is 0.438. The number of hydrogen-bond donors (Lipinski definition) is 1. The standard InChI is InChI=1S/C16H20N2O/c1-17-15(16(19-2)8-5-9-16)13-10-12-6-3-4-7-14(12)18-11-13/h3-4,6-7,10-11,15,17H,5,8-9H2,1-2H3. The highest BCUT2D eigenvalue weighted by Crippen LogP contribution is 2.44. The summed E-state index contributed by atoms with van der Waals surface area (Å²) in [6.07, 6.45) is 5.44. The Labute approximate surface area is 114 Å². The first-order chi connectivity index (χ1) is 9.29. The first-order valence-corrected chi connectivity index (χ1v) is 6.86. The molecule has 1 unspecified atom stereocenters. The van der Waals surface area contributed by atoms with Crippen LogP contribution in [0.15, 0.2) is 36.5 Å². The smallest absolute Gasteiger partial charge is 0.0873 e. The predicted octanol–water partition coefficient (Wildman–Crippen LogP) is 3.06. The number of nitrogens with one attached hydrogen (secondary N) is 1. The van der Waals surface area contributed by atoms with Gasteiger partial charge in [-0.1, -0.05) is 18.2 Å². The number of methoxy groups -OCH3 is 1. The third kappa shape index (κ3) is 2.03. The Hall–Kier alpha value is -1.45. The summed E-state index contributed by atoms with van der Waals surface area (Å²) in [5, 5.41) is 4.60. The molecule has 19 heavy (non-hydrogen) atoms. The van der Waals surface area contributed by atoms with E-state index in [2.05, 4.69) is 28.5 Å². The van der Waals surface area contributed by atoms with Gasteiger partial charge >= 0.3 is 0 Å². The maximum atomic E-state index is 5.80. The van der Waals surface area contributed by atoms with E-state index >= 15 is 0 Å². The minimum atomic E-state index is -0.0567. The monoisotopic (exact) mass is 256 g/mol. The molecule has 3 nitrogen and oxygen atoms in total. The number of fused-ring (bicyclic) bond motifs is 1. The molecule has 100 valence electrons. The Morgan fingerprint density at radius 3 is 2.74 bits per heavy atom. The van der Waals surface area contributed by atoms with Crippen molar-refractivity contribution in [2.24, 2.45) is 0 Å². The summed E-state index contributed by atoms with van der Waals surface area (Å²) in [5.74, 6) is 0. The topological polar surface area (TPSA) is 34.2 Å². The van der Waals surface area contributed by atoms with Gasteiger partial charge in [0.05, 0.1) is 17.2 Å². The van der Waals surface area contributed by atoms with E-state index in [0.717, 1.165) is 18.4 Å². The lowest BCUT2D eigenvalue weighted by atomic mass is 9.72. The highest BCUT2D eigenvalue weighted by molar-refractivity contribution is 5.78. The maximum Gasteiger partial charge on any atom is 0.0873 e. The largest absolute Gasteiger partial charge is 0.376 e. The highest BCUT2D eigenvalue weighted by atomic mass is 16.5. The normalized spacial score (nSPS) is 19.1. The van der Waals surface area contributed by atoms with Crippen LogP contribution in [0.4, 0.5) is 0 Å². The summed E-state index contributed by atoms with van der Waals surface area (Å²) in [4.78, 5) is 4.56. The number of likely N-dealkylation sites (N-methyl/N-ethyl adjacent to an activating group) is 1. The Bertz CT molecular complexity index is 572. The summed E-state index contributed by atoms with van der Waals surface area (Å²) in [7, 11) is 3.82. The second-order valence-electron chi connectivity index (χ2n) is 5.31. The summed E-state index contributed by atoms with van der Waals surface area (Å²) in [6.45, 7) is 0. The number of para-hydroxylation sites is 1. The van der Waals surface area contributed by atoms with Crippen molar-refractivity contribution < 1.29 is 4.74 Å². The molecule has 1 aromatic carbocycles. The van der Waals surface area contributed by atoms with Gasteiger partial charge in [0, 0.05) is 18.7 Å². The molecule has 1 fully saturated rings. The maximum absolute atomic E-state index is 5.80. The van der Waals surface area contributed by atoms with Crippen LogP contribution in [0.5, 0.6) is 0 Å². The second-order valence-corrected chi connectivity index (χ2v) is 5.31. The van der Waals surface area contributed by atoms with E-state index < -0.39 is 0 Å². The molecule has 0 spiro atoms. The molecule has 3 rings (SSSR count).